The van der Waals surface area contributed by atoms with Gasteiger partial charge in [-0.3, -0.25) is 0 Å². The lowest BCUT2D eigenvalue weighted by atomic mass is 10.1. The molecule has 4 aromatic rings. The number of fused-ring (bicyclic) bond motifs is 1. The van der Waals surface area contributed by atoms with Crippen LogP contribution in [-0.4, -0.2) is 33.8 Å². The van der Waals surface area contributed by atoms with Crippen LogP contribution in [0.1, 0.15) is 24.8 Å². The molecule has 1 fully saturated rings. The Bertz CT molecular complexity index is 1120. The van der Waals surface area contributed by atoms with Crippen LogP contribution < -0.4 is 15.4 Å². The lowest BCUT2D eigenvalue weighted by Crippen LogP contribution is -2.23. The van der Waals surface area contributed by atoms with Gasteiger partial charge in [0, 0.05) is 18.2 Å². The van der Waals surface area contributed by atoms with Gasteiger partial charge in [-0.1, -0.05) is 30.3 Å². The van der Waals surface area contributed by atoms with Crippen molar-refractivity contribution in [1.29, 1.82) is 0 Å². The van der Waals surface area contributed by atoms with Crippen molar-refractivity contribution in [3.05, 3.63) is 78.5 Å². The summed E-state index contributed by atoms with van der Waals surface area (Å²) in [6, 6.07) is 23.0. The minimum Gasteiger partial charge on any atom is -0.494 e. The van der Waals surface area contributed by atoms with Gasteiger partial charge >= 0.3 is 0 Å². The predicted octanol–water partition coefficient (Wildman–Crippen LogP) is 4.53. The van der Waals surface area contributed by atoms with Gasteiger partial charge in [-0.25, -0.2) is 9.50 Å². The highest BCUT2D eigenvalue weighted by Crippen LogP contribution is 2.24. The number of hydrogen-bond acceptors (Lipinski definition) is 5. The van der Waals surface area contributed by atoms with E-state index in [9.17, 15) is 0 Å². The molecule has 0 amide bonds. The van der Waals surface area contributed by atoms with E-state index in [1.54, 1.807) is 0 Å². The molecule has 3 heterocycles. The minimum atomic E-state index is 0.605. The van der Waals surface area contributed by atoms with Crippen LogP contribution in [0.15, 0.2) is 72.9 Å². The zero-order valence-electron chi connectivity index (χ0n) is 17.5. The molecule has 0 bridgehead atoms. The van der Waals surface area contributed by atoms with E-state index in [0.29, 0.717) is 6.04 Å². The Morgan fingerprint density at radius 3 is 2.71 bits per heavy atom. The summed E-state index contributed by atoms with van der Waals surface area (Å²) in [7, 11) is 0. The van der Waals surface area contributed by atoms with Crippen LogP contribution in [0.3, 0.4) is 0 Å². The molecule has 158 valence electrons. The molecule has 1 atom stereocenters. The third-order valence-electron chi connectivity index (χ3n) is 5.73. The largest absolute Gasteiger partial charge is 0.494 e. The summed E-state index contributed by atoms with van der Waals surface area (Å²) in [5.41, 5.74) is 4.06. The second kappa shape index (κ2) is 9.18. The maximum atomic E-state index is 5.93. The van der Waals surface area contributed by atoms with Crippen LogP contribution in [0.4, 0.5) is 5.82 Å². The normalized spacial score (nSPS) is 15.9. The van der Waals surface area contributed by atoms with Crippen molar-refractivity contribution in [3.8, 4) is 17.0 Å². The zero-order valence-corrected chi connectivity index (χ0v) is 17.5. The summed E-state index contributed by atoms with van der Waals surface area (Å²) < 4.78 is 7.82. The Labute approximate surface area is 182 Å². The number of benzene rings is 2. The molecule has 1 saturated heterocycles. The van der Waals surface area contributed by atoms with Crippen molar-refractivity contribution >= 4 is 11.5 Å². The fourth-order valence-corrected chi connectivity index (χ4v) is 4.00. The number of nitrogens with zero attached hydrogens (tertiary/aromatic N) is 3. The standard InChI is InChI=1S/C25H27N5O/c1-2-5-19(6-3-1)17-27-24-12-13-25-28-18-23(30(25)29-24)20-8-10-22(11-9-20)31-16-14-21-7-4-15-26-21/h1-3,5-6,8-13,18,21,26H,4,7,14-17H2,(H,27,29)/t21-/m0/s1. The predicted molar refractivity (Wildman–Crippen MR) is 123 cm³/mol. The molecule has 31 heavy (non-hydrogen) atoms. The smallest absolute Gasteiger partial charge is 0.154 e. The molecule has 0 saturated carbocycles. The third-order valence-corrected chi connectivity index (χ3v) is 5.73. The summed E-state index contributed by atoms with van der Waals surface area (Å²) in [5.74, 6) is 1.71. The van der Waals surface area contributed by atoms with Crippen LogP contribution in [0, 0.1) is 0 Å². The summed E-state index contributed by atoms with van der Waals surface area (Å²) >= 11 is 0. The van der Waals surface area contributed by atoms with E-state index in [-0.39, 0.29) is 0 Å². The molecule has 0 unspecified atom stereocenters. The summed E-state index contributed by atoms with van der Waals surface area (Å²) in [6.45, 7) is 2.60. The molecular formula is C25H27N5O. The van der Waals surface area contributed by atoms with Gasteiger partial charge in [0.2, 0.25) is 0 Å². The molecule has 0 radical (unpaired) electrons. The Hall–Kier alpha value is -3.38. The van der Waals surface area contributed by atoms with Crippen LogP contribution >= 0.6 is 0 Å². The highest BCUT2D eigenvalue weighted by atomic mass is 16.5. The number of imidazole rings is 1. The molecule has 5 rings (SSSR count). The summed E-state index contributed by atoms with van der Waals surface area (Å²) in [5, 5.41) is 11.6. The van der Waals surface area contributed by atoms with E-state index in [2.05, 4.69) is 39.9 Å². The monoisotopic (exact) mass is 413 g/mol. The molecule has 6 heteroatoms. The van der Waals surface area contributed by atoms with Crippen LogP contribution in [0.5, 0.6) is 5.75 Å². The first-order chi connectivity index (χ1) is 15.3. The Balaban J connectivity index is 1.26. The van der Waals surface area contributed by atoms with Gasteiger partial charge in [-0.15, -0.1) is 5.10 Å². The SMILES string of the molecule is c1ccc(CNc2ccc3ncc(-c4ccc(OCC[C@@H]5CCCN5)cc4)n3n2)cc1. The van der Waals surface area contributed by atoms with Gasteiger partial charge in [0.25, 0.3) is 0 Å². The van der Waals surface area contributed by atoms with Gasteiger partial charge in [0.05, 0.1) is 18.5 Å². The van der Waals surface area contributed by atoms with Crippen molar-refractivity contribution in [2.45, 2.75) is 31.8 Å². The second-order valence-electron chi connectivity index (χ2n) is 7.93. The fourth-order valence-electron chi connectivity index (χ4n) is 4.00. The van der Waals surface area contributed by atoms with Crippen molar-refractivity contribution in [2.24, 2.45) is 0 Å². The maximum absolute atomic E-state index is 5.93. The number of hydrogen-bond donors (Lipinski definition) is 2. The van der Waals surface area contributed by atoms with Crippen molar-refractivity contribution < 1.29 is 4.74 Å². The number of aromatic nitrogens is 3. The minimum absolute atomic E-state index is 0.605. The number of anilines is 1. The second-order valence-corrected chi connectivity index (χ2v) is 7.93. The maximum Gasteiger partial charge on any atom is 0.154 e. The first-order valence-electron chi connectivity index (χ1n) is 10.9. The Kier molecular flexibility index (Phi) is 5.80. The van der Waals surface area contributed by atoms with E-state index >= 15 is 0 Å². The Morgan fingerprint density at radius 1 is 1.03 bits per heavy atom. The van der Waals surface area contributed by atoms with Gasteiger partial charge < -0.3 is 15.4 Å². The molecule has 0 aliphatic carbocycles. The third kappa shape index (κ3) is 4.70. The highest BCUT2D eigenvalue weighted by molar-refractivity contribution is 5.64. The molecule has 1 aliphatic rings. The van der Waals surface area contributed by atoms with Crippen molar-refractivity contribution in [2.75, 3.05) is 18.5 Å². The average molecular weight is 414 g/mol. The average Bonchev–Trinajstić information content (AvgIpc) is 3.49. The van der Waals surface area contributed by atoms with E-state index in [1.807, 2.05) is 53.2 Å². The van der Waals surface area contributed by atoms with Gasteiger partial charge in [0.15, 0.2) is 5.65 Å². The molecule has 6 nitrogen and oxygen atoms in total. The lowest BCUT2D eigenvalue weighted by Gasteiger charge is -2.11. The summed E-state index contributed by atoms with van der Waals surface area (Å²) in [4.78, 5) is 4.51. The number of nitrogens with one attached hydrogen (secondary N) is 2. The van der Waals surface area contributed by atoms with Crippen LogP contribution in [0.2, 0.25) is 0 Å². The summed E-state index contributed by atoms with van der Waals surface area (Å²) in [6.07, 6.45) is 5.45. The van der Waals surface area contributed by atoms with Crippen molar-refractivity contribution in [3.63, 3.8) is 0 Å². The number of ether oxygens (including phenoxy) is 1. The first-order valence-corrected chi connectivity index (χ1v) is 10.9. The van der Waals surface area contributed by atoms with Gasteiger partial charge in [-0.05, 0) is 67.8 Å². The van der Waals surface area contributed by atoms with E-state index in [0.717, 1.165) is 54.6 Å². The highest BCUT2D eigenvalue weighted by Gasteiger charge is 2.13. The Morgan fingerprint density at radius 2 is 1.90 bits per heavy atom. The van der Waals surface area contributed by atoms with E-state index in [4.69, 9.17) is 9.84 Å². The molecule has 1 aliphatic heterocycles. The van der Waals surface area contributed by atoms with E-state index < -0.39 is 0 Å². The number of rotatable bonds is 8. The van der Waals surface area contributed by atoms with Crippen molar-refractivity contribution in [1.82, 2.24) is 19.9 Å². The zero-order chi connectivity index (χ0) is 20.9. The molecule has 2 N–H and O–H groups in total. The topological polar surface area (TPSA) is 63.5 Å². The first kappa shape index (κ1) is 19.6. The van der Waals surface area contributed by atoms with Crippen LogP contribution in [0.25, 0.3) is 16.9 Å². The molecule has 2 aromatic carbocycles. The fraction of sp³-hybridized carbons (Fsp3) is 0.280. The lowest BCUT2D eigenvalue weighted by molar-refractivity contribution is 0.292. The molecule has 2 aromatic heterocycles. The molecule has 0 spiro atoms. The molecular weight excluding hydrogens is 386 g/mol. The van der Waals surface area contributed by atoms with Gasteiger partial charge in [0.1, 0.15) is 11.6 Å². The quantitative estimate of drug-likeness (QED) is 0.444. The van der Waals surface area contributed by atoms with Crippen LogP contribution in [-0.2, 0) is 6.54 Å². The van der Waals surface area contributed by atoms with Gasteiger partial charge in [-0.2, -0.15) is 0 Å². The van der Waals surface area contributed by atoms with E-state index in [1.165, 1.54) is 18.4 Å².